The van der Waals surface area contributed by atoms with Crippen molar-refractivity contribution in [2.24, 2.45) is 0 Å². The van der Waals surface area contributed by atoms with E-state index in [1.165, 1.54) is 13.0 Å². The van der Waals surface area contributed by atoms with E-state index in [4.69, 9.17) is 0 Å². The second-order valence-electron chi connectivity index (χ2n) is 7.46. The Bertz CT molecular complexity index is 1780. The van der Waals surface area contributed by atoms with E-state index in [1.807, 2.05) is 19.1 Å². The number of benzene rings is 3. The Hall–Kier alpha value is -3.49. The molecule has 7 nitrogen and oxygen atoms in total. The molecular formula is C22H16N2O5S. The molecule has 0 radical (unpaired) electrons. The highest BCUT2D eigenvalue weighted by Crippen LogP contribution is 2.27. The van der Waals surface area contributed by atoms with Crippen LogP contribution in [0, 0.1) is 13.8 Å². The third-order valence-electron chi connectivity index (χ3n) is 5.53. The number of rotatable bonds is 1. The van der Waals surface area contributed by atoms with E-state index in [9.17, 15) is 22.6 Å². The zero-order valence-corrected chi connectivity index (χ0v) is 16.8. The molecule has 0 aliphatic rings. The lowest BCUT2D eigenvalue weighted by Gasteiger charge is -2.10. The first kappa shape index (κ1) is 18.5. The molecule has 0 atom stereocenters. The van der Waals surface area contributed by atoms with Gasteiger partial charge < -0.3 is 9.97 Å². The maximum Gasteiger partial charge on any atom is 0.295 e. The van der Waals surface area contributed by atoms with Gasteiger partial charge in [0.15, 0.2) is 10.9 Å². The third-order valence-corrected chi connectivity index (χ3v) is 6.57. The summed E-state index contributed by atoms with van der Waals surface area (Å²) in [6.07, 6.45) is 0. The fraction of sp³-hybridized carbons (Fsp3) is 0.0909. The van der Waals surface area contributed by atoms with Gasteiger partial charge >= 0.3 is 0 Å². The van der Waals surface area contributed by atoms with E-state index >= 15 is 0 Å². The first-order valence-corrected chi connectivity index (χ1v) is 10.6. The van der Waals surface area contributed by atoms with Gasteiger partial charge in [-0.25, -0.2) is 0 Å². The standard InChI is InChI=1S/C22H16N2O5S/c1-10-4-3-5-14-18(10)20(25)12-8-17-13(9-16(12)23-14)21(26)19-15(24-17)7-6-11(2)22(19)30(27,28)29/h3-9H,1-2H3,(H,23,25)(H,24,26)(H,27,28,29). The molecule has 30 heavy (non-hydrogen) atoms. The summed E-state index contributed by atoms with van der Waals surface area (Å²) in [6.45, 7) is 3.37. The molecule has 2 heterocycles. The summed E-state index contributed by atoms with van der Waals surface area (Å²) in [7, 11) is -4.61. The van der Waals surface area contributed by atoms with Gasteiger partial charge in [0.05, 0.1) is 27.5 Å². The molecule has 3 N–H and O–H groups in total. The lowest BCUT2D eigenvalue weighted by Crippen LogP contribution is -2.13. The van der Waals surface area contributed by atoms with Crippen LogP contribution in [0.5, 0.6) is 0 Å². The average molecular weight is 420 g/mol. The Morgan fingerprint density at radius 1 is 0.733 bits per heavy atom. The molecule has 0 bridgehead atoms. The van der Waals surface area contributed by atoms with Gasteiger partial charge in [-0.2, -0.15) is 8.42 Å². The molecule has 0 aliphatic heterocycles. The summed E-state index contributed by atoms with van der Waals surface area (Å²) < 4.78 is 33.6. The number of hydrogen-bond acceptors (Lipinski definition) is 4. The minimum absolute atomic E-state index is 0.108. The number of H-pyrrole nitrogens is 2. The van der Waals surface area contributed by atoms with Crippen molar-refractivity contribution in [2.75, 3.05) is 0 Å². The lowest BCUT2D eigenvalue weighted by molar-refractivity contribution is 0.483. The predicted octanol–water partition coefficient (Wildman–Crippen LogP) is 3.54. The molecule has 5 aromatic rings. The summed E-state index contributed by atoms with van der Waals surface area (Å²) in [6, 6.07) is 11.7. The van der Waals surface area contributed by atoms with Gasteiger partial charge in [0, 0.05) is 16.2 Å². The van der Waals surface area contributed by atoms with Crippen LogP contribution in [0.3, 0.4) is 0 Å². The van der Waals surface area contributed by atoms with Crippen LogP contribution < -0.4 is 10.9 Å². The SMILES string of the molecule is Cc1ccc2[nH]c3cc4c(=O)c5c(C)cccc5[nH]c4cc3c(=O)c2c1S(=O)(=O)O. The van der Waals surface area contributed by atoms with Crippen molar-refractivity contribution < 1.29 is 13.0 Å². The molecule has 0 aliphatic carbocycles. The quantitative estimate of drug-likeness (QED) is 0.283. The van der Waals surface area contributed by atoms with Crippen LogP contribution >= 0.6 is 0 Å². The summed E-state index contributed by atoms with van der Waals surface area (Å²) in [4.78, 5) is 32.2. The van der Waals surface area contributed by atoms with Gasteiger partial charge in [-0.05, 0) is 49.2 Å². The van der Waals surface area contributed by atoms with Gasteiger partial charge in [-0.3, -0.25) is 14.1 Å². The summed E-state index contributed by atoms with van der Waals surface area (Å²) in [5.41, 5.74) is 2.21. The van der Waals surface area contributed by atoms with Crippen molar-refractivity contribution in [3.05, 3.63) is 74.0 Å². The third kappa shape index (κ3) is 2.51. The number of aromatic amines is 2. The monoisotopic (exact) mass is 420 g/mol. The van der Waals surface area contributed by atoms with Crippen LogP contribution in [-0.4, -0.2) is 22.9 Å². The van der Waals surface area contributed by atoms with E-state index < -0.39 is 20.4 Å². The molecule has 150 valence electrons. The Balaban J connectivity index is 2.03. The molecule has 5 rings (SSSR count). The van der Waals surface area contributed by atoms with Crippen molar-refractivity contribution in [1.82, 2.24) is 9.97 Å². The molecule has 3 aromatic carbocycles. The summed E-state index contributed by atoms with van der Waals surface area (Å²) in [5, 5.41) is 1.11. The second-order valence-corrected chi connectivity index (χ2v) is 8.82. The van der Waals surface area contributed by atoms with Crippen LogP contribution in [0.15, 0.2) is 56.9 Å². The predicted molar refractivity (Wildman–Crippen MR) is 117 cm³/mol. The van der Waals surface area contributed by atoms with E-state index in [-0.39, 0.29) is 27.3 Å². The normalized spacial score (nSPS) is 12.4. The second kappa shape index (κ2) is 6.01. The van der Waals surface area contributed by atoms with Crippen LogP contribution in [-0.2, 0) is 10.1 Å². The molecule has 8 heteroatoms. The Labute approximate surface area is 169 Å². The molecule has 0 fully saturated rings. The average Bonchev–Trinajstić information content (AvgIpc) is 2.67. The van der Waals surface area contributed by atoms with Crippen LogP contribution in [0.25, 0.3) is 43.6 Å². The van der Waals surface area contributed by atoms with Crippen LogP contribution in [0.4, 0.5) is 0 Å². The van der Waals surface area contributed by atoms with Crippen molar-refractivity contribution in [3.63, 3.8) is 0 Å². The van der Waals surface area contributed by atoms with Gasteiger partial charge in [0.1, 0.15) is 4.90 Å². The fourth-order valence-corrected chi connectivity index (χ4v) is 5.10. The molecule has 0 amide bonds. The number of nitrogens with one attached hydrogen (secondary N) is 2. The summed E-state index contributed by atoms with van der Waals surface area (Å²) >= 11 is 0. The van der Waals surface area contributed by atoms with E-state index in [1.54, 1.807) is 24.3 Å². The number of aromatic nitrogens is 2. The number of aryl methyl sites for hydroxylation is 2. The maximum absolute atomic E-state index is 13.3. The molecule has 0 spiro atoms. The lowest BCUT2D eigenvalue weighted by atomic mass is 10.0. The maximum atomic E-state index is 13.3. The Kier molecular flexibility index (Phi) is 3.71. The van der Waals surface area contributed by atoms with Crippen LogP contribution in [0.1, 0.15) is 11.1 Å². The molecule has 0 unspecified atom stereocenters. The highest BCUT2D eigenvalue weighted by Gasteiger charge is 2.21. The first-order valence-electron chi connectivity index (χ1n) is 9.19. The molecule has 0 saturated carbocycles. The number of pyridine rings is 2. The highest BCUT2D eigenvalue weighted by atomic mass is 32.2. The topological polar surface area (TPSA) is 120 Å². The number of hydrogen-bond donors (Lipinski definition) is 3. The van der Waals surface area contributed by atoms with Gasteiger partial charge in [-0.15, -0.1) is 0 Å². The summed E-state index contributed by atoms with van der Waals surface area (Å²) in [5.74, 6) is 0. The van der Waals surface area contributed by atoms with Gasteiger partial charge in [0.25, 0.3) is 10.1 Å². The first-order chi connectivity index (χ1) is 14.2. The van der Waals surface area contributed by atoms with E-state index in [2.05, 4.69) is 9.97 Å². The minimum Gasteiger partial charge on any atom is -0.354 e. The van der Waals surface area contributed by atoms with Gasteiger partial charge in [0.2, 0.25) is 0 Å². The zero-order chi connectivity index (χ0) is 21.4. The van der Waals surface area contributed by atoms with Crippen molar-refractivity contribution in [2.45, 2.75) is 18.7 Å². The molecule has 2 aromatic heterocycles. The largest absolute Gasteiger partial charge is 0.354 e. The number of fused-ring (bicyclic) bond motifs is 4. The van der Waals surface area contributed by atoms with Crippen LogP contribution in [0.2, 0.25) is 0 Å². The van der Waals surface area contributed by atoms with Crippen molar-refractivity contribution in [3.8, 4) is 0 Å². The minimum atomic E-state index is -4.61. The molecular weight excluding hydrogens is 404 g/mol. The van der Waals surface area contributed by atoms with E-state index in [0.717, 1.165) is 5.56 Å². The van der Waals surface area contributed by atoms with E-state index in [0.29, 0.717) is 27.3 Å². The fourth-order valence-electron chi connectivity index (χ4n) is 4.16. The smallest absolute Gasteiger partial charge is 0.295 e. The van der Waals surface area contributed by atoms with Crippen molar-refractivity contribution >= 4 is 53.7 Å². The highest BCUT2D eigenvalue weighted by molar-refractivity contribution is 7.86. The molecule has 0 saturated heterocycles. The Morgan fingerprint density at radius 2 is 1.30 bits per heavy atom. The van der Waals surface area contributed by atoms with Crippen molar-refractivity contribution in [1.29, 1.82) is 0 Å². The Morgan fingerprint density at radius 3 is 1.90 bits per heavy atom. The van der Waals surface area contributed by atoms with Gasteiger partial charge in [-0.1, -0.05) is 18.2 Å². The zero-order valence-electron chi connectivity index (χ0n) is 16.0.